The average Bonchev–Trinajstić information content (AvgIpc) is 2.73. The van der Waals surface area contributed by atoms with Crippen LogP contribution in [-0.4, -0.2) is 59.9 Å². The third-order valence-electron chi connectivity index (χ3n) is 4.79. The highest BCUT2D eigenvalue weighted by Crippen LogP contribution is 2.25. The van der Waals surface area contributed by atoms with Crippen LogP contribution in [0.15, 0.2) is 53.4 Å². The molecule has 0 bridgehead atoms. The maximum atomic E-state index is 13.0. The number of aromatic nitrogens is 2. The lowest BCUT2D eigenvalue weighted by Crippen LogP contribution is -2.50. The Bertz CT molecular complexity index is 1180. The van der Waals surface area contributed by atoms with Gasteiger partial charge in [0, 0.05) is 31.2 Å². The quantitative estimate of drug-likeness (QED) is 0.611. The second kappa shape index (κ2) is 7.87. The van der Waals surface area contributed by atoms with E-state index in [0.717, 1.165) is 10.8 Å². The van der Waals surface area contributed by atoms with E-state index < -0.39 is 10.0 Å². The maximum Gasteiger partial charge on any atom is 0.274 e. The Morgan fingerprint density at radius 2 is 1.55 bits per heavy atom. The number of sulfonamides is 1. The smallest absolute Gasteiger partial charge is 0.274 e. The zero-order chi connectivity index (χ0) is 20.6. The molecule has 7 nitrogen and oxygen atoms in total. The molecular weight excluding hydrogens is 435 g/mol. The molecule has 1 saturated heterocycles. The number of carbonyl (C=O) groups is 1. The summed E-state index contributed by atoms with van der Waals surface area (Å²) >= 11 is 11.7. The van der Waals surface area contributed by atoms with Gasteiger partial charge in [-0.1, -0.05) is 35.3 Å². The molecule has 0 atom stereocenters. The molecule has 10 heteroatoms. The third kappa shape index (κ3) is 4.06. The summed E-state index contributed by atoms with van der Waals surface area (Å²) in [5.41, 5.74) is 0.180. The molecule has 1 aliphatic rings. The van der Waals surface area contributed by atoms with Crippen LogP contribution in [0.5, 0.6) is 0 Å². The number of carbonyl (C=O) groups excluding carboxylic acids is 1. The van der Waals surface area contributed by atoms with Crippen LogP contribution in [-0.2, 0) is 10.0 Å². The minimum absolute atomic E-state index is 0.180. The number of halogens is 2. The molecule has 2 aromatic carbocycles. The van der Waals surface area contributed by atoms with Crippen molar-refractivity contribution in [3.8, 4) is 0 Å². The van der Waals surface area contributed by atoms with Crippen LogP contribution < -0.4 is 0 Å². The number of amides is 1. The minimum Gasteiger partial charge on any atom is -0.335 e. The van der Waals surface area contributed by atoms with Crippen LogP contribution in [0.1, 0.15) is 10.5 Å². The van der Waals surface area contributed by atoms with E-state index >= 15 is 0 Å². The average molecular weight is 451 g/mol. The van der Waals surface area contributed by atoms with Gasteiger partial charge < -0.3 is 4.90 Å². The van der Waals surface area contributed by atoms with Gasteiger partial charge in [-0.2, -0.15) is 4.31 Å². The molecule has 0 aliphatic carbocycles. The fourth-order valence-electron chi connectivity index (χ4n) is 3.23. The van der Waals surface area contributed by atoms with Crippen molar-refractivity contribution < 1.29 is 13.2 Å². The molecule has 2 heterocycles. The number of hydrogen-bond donors (Lipinski definition) is 0. The number of rotatable bonds is 3. The molecule has 1 amide bonds. The molecule has 150 valence electrons. The Hall–Kier alpha value is -2.26. The van der Waals surface area contributed by atoms with E-state index in [1.54, 1.807) is 41.3 Å². The highest BCUT2D eigenvalue weighted by Gasteiger charge is 2.31. The van der Waals surface area contributed by atoms with Gasteiger partial charge in [-0.15, -0.1) is 10.2 Å². The Labute approximate surface area is 177 Å². The maximum absolute atomic E-state index is 13.0. The summed E-state index contributed by atoms with van der Waals surface area (Å²) in [6.45, 7) is 0.943. The second-order valence-electron chi connectivity index (χ2n) is 6.59. The number of hydrogen-bond acceptors (Lipinski definition) is 5. The molecule has 1 aromatic heterocycles. The van der Waals surface area contributed by atoms with Crippen molar-refractivity contribution >= 4 is 49.9 Å². The Kier molecular flexibility index (Phi) is 5.44. The number of benzene rings is 2. The number of fused-ring (bicyclic) bond motifs is 1. The predicted octanol–water partition coefficient (Wildman–Crippen LogP) is 3.08. The predicted molar refractivity (Wildman–Crippen MR) is 111 cm³/mol. The molecule has 29 heavy (non-hydrogen) atoms. The molecule has 4 rings (SSSR count). The first-order valence-electron chi connectivity index (χ1n) is 8.82. The van der Waals surface area contributed by atoms with Gasteiger partial charge >= 0.3 is 0 Å². The van der Waals surface area contributed by atoms with Gasteiger partial charge in [-0.3, -0.25) is 4.79 Å². The number of piperazine rings is 1. The first-order valence-corrected chi connectivity index (χ1v) is 11.0. The molecular formula is C19H16Cl2N4O3S. The van der Waals surface area contributed by atoms with E-state index in [1.807, 2.05) is 0 Å². The van der Waals surface area contributed by atoms with Gasteiger partial charge in [0.05, 0.1) is 4.90 Å². The lowest BCUT2D eigenvalue weighted by Gasteiger charge is -2.33. The summed E-state index contributed by atoms with van der Waals surface area (Å²) in [6.07, 6.45) is 0. The summed E-state index contributed by atoms with van der Waals surface area (Å²) in [6, 6.07) is 13.3. The van der Waals surface area contributed by atoms with Crippen molar-refractivity contribution in [2.24, 2.45) is 0 Å². The molecule has 0 spiro atoms. The van der Waals surface area contributed by atoms with E-state index in [4.69, 9.17) is 23.2 Å². The fourth-order valence-corrected chi connectivity index (χ4v) is 4.97. The van der Waals surface area contributed by atoms with Crippen molar-refractivity contribution in [1.82, 2.24) is 19.4 Å². The fraction of sp³-hybridized carbons (Fsp3) is 0.211. The van der Waals surface area contributed by atoms with Gasteiger partial charge in [0.15, 0.2) is 10.8 Å². The summed E-state index contributed by atoms with van der Waals surface area (Å²) in [5, 5.41) is 9.93. The third-order valence-corrected chi connectivity index (χ3v) is 7.12. The molecule has 0 saturated carbocycles. The number of nitrogens with zero attached hydrogens (tertiary/aromatic N) is 4. The van der Waals surface area contributed by atoms with Crippen molar-refractivity contribution in [3.63, 3.8) is 0 Å². The Balaban J connectivity index is 1.49. The molecule has 1 fully saturated rings. The van der Waals surface area contributed by atoms with Crippen LogP contribution in [0, 0.1) is 0 Å². The van der Waals surface area contributed by atoms with Crippen molar-refractivity contribution in [2.75, 3.05) is 26.2 Å². The SMILES string of the molecule is O=C(c1ccc(Cl)nn1)N1CCN(S(=O)(=O)c2ccc3cc(Cl)ccc3c2)CC1. The van der Waals surface area contributed by atoms with E-state index in [0.29, 0.717) is 5.02 Å². The topological polar surface area (TPSA) is 83.5 Å². The van der Waals surface area contributed by atoms with Crippen LogP contribution in [0.3, 0.4) is 0 Å². The van der Waals surface area contributed by atoms with Gasteiger partial charge in [-0.05, 0) is 47.2 Å². The van der Waals surface area contributed by atoms with Crippen molar-refractivity contribution in [3.05, 3.63) is 64.4 Å². The van der Waals surface area contributed by atoms with E-state index in [2.05, 4.69) is 10.2 Å². The van der Waals surface area contributed by atoms with Gasteiger partial charge in [0.25, 0.3) is 5.91 Å². The van der Waals surface area contributed by atoms with Crippen LogP contribution in [0.25, 0.3) is 10.8 Å². The zero-order valence-corrected chi connectivity index (χ0v) is 17.5. The monoisotopic (exact) mass is 450 g/mol. The van der Waals surface area contributed by atoms with Gasteiger partial charge in [-0.25, -0.2) is 8.42 Å². The molecule has 3 aromatic rings. The van der Waals surface area contributed by atoms with Crippen molar-refractivity contribution in [1.29, 1.82) is 0 Å². The zero-order valence-electron chi connectivity index (χ0n) is 15.1. The largest absolute Gasteiger partial charge is 0.335 e. The van der Waals surface area contributed by atoms with E-state index in [1.165, 1.54) is 16.4 Å². The normalized spacial score (nSPS) is 15.6. The first-order chi connectivity index (χ1) is 13.8. The molecule has 1 aliphatic heterocycles. The highest BCUT2D eigenvalue weighted by atomic mass is 35.5. The van der Waals surface area contributed by atoms with Crippen molar-refractivity contribution in [2.45, 2.75) is 4.90 Å². The van der Waals surface area contributed by atoms with Crippen LogP contribution in [0.2, 0.25) is 10.2 Å². The summed E-state index contributed by atoms with van der Waals surface area (Å²) < 4.78 is 27.5. The summed E-state index contributed by atoms with van der Waals surface area (Å²) in [7, 11) is -3.67. The molecule has 0 N–H and O–H groups in total. The Morgan fingerprint density at radius 3 is 2.24 bits per heavy atom. The van der Waals surface area contributed by atoms with Crippen LogP contribution in [0.4, 0.5) is 0 Å². The van der Waals surface area contributed by atoms with E-state index in [-0.39, 0.29) is 47.8 Å². The lowest BCUT2D eigenvalue weighted by molar-refractivity contribution is 0.0690. The standard InChI is InChI=1S/C19H16Cl2N4O3S/c20-15-3-1-14-12-16(4-2-13(14)11-15)29(27,28)25-9-7-24(8-10-25)19(26)17-5-6-18(21)23-22-17/h1-6,11-12H,7-10H2. The first kappa shape index (κ1) is 20.0. The lowest BCUT2D eigenvalue weighted by atomic mass is 10.1. The summed E-state index contributed by atoms with van der Waals surface area (Å²) in [5.74, 6) is -0.297. The van der Waals surface area contributed by atoms with Crippen LogP contribution >= 0.6 is 23.2 Å². The highest BCUT2D eigenvalue weighted by molar-refractivity contribution is 7.89. The minimum atomic E-state index is -3.67. The van der Waals surface area contributed by atoms with Gasteiger partial charge in [0.2, 0.25) is 10.0 Å². The van der Waals surface area contributed by atoms with E-state index in [9.17, 15) is 13.2 Å². The Morgan fingerprint density at radius 1 is 0.862 bits per heavy atom. The summed E-state index contributed by atoms with van der Waals surface area (Å²) in [4.78, 5) is 14.3. The second-order valence-corrected chi connectivity index (χ2v) is 9.35. The molecule has 0 radical (unpaired) electrons. The van der Waals surface area contributed by atoms with Gasteiger partial charge in [0.1, 0.15) is 0 Å². The molecule has 0 unspecified atom stereocenters.